The summed E-state index contributed by atoms with van der Waals surface area (Å²) in [6, 6.07) is 0. The van der Waals surface area contributed by atoms with Crippen molar-refractivity contribution in [1.82, 2.24) is 0 Å². The number of hydrogen-bond donors (Lipinski definition) is 2. The van der Waals surface area contributed by atoms with Gasteiger partial charge in [-0.25, -0.2) is 0 Å². The average Bonchev–Trinajstić information content (AvgIpc) is 1.83. The minimum Gasteiger partial charge on any atom is -0.395 e. The third-order valence-corrected chi connectivity index (χ3v) is 1.94. The van der Waals surface area contributed by atoms with E-state index in [-0.39, 0.29) is 17.8 Å². The van der Waals surface area contributed by atoms with Crippen molar-refractivity contribution < 1.29 is 9.90 Å². The van der Waals surface area contributed by atoms with E-state index in [9.17, 15) is 4.79 Å². The van der Waals surface area contributed by atoms with Gasteiger partial charge < -0.3 is 10.8 Å². The fourth-order valence-electron chi connectivity index (χ4n) is 0.277. The van der Waals surface area contributed by atoms with Crippen molar-refractivity contribution in [2.24, 2.45) is 5.73 Å². The third kappa shape index (κ3) is 5.65. The lowest BCUT2D eigenvalue weighted by molar-refractivity contribution is -0.115. The van der Waals surface area contributed by atoms with Crippen LogP contribution in [0.2, 0.25) is 0 Å². The second kappa shape index (κ2) is 4.64. The topological polar surface area (TPSA) is 63.3 Å². The van der Waals surface area contributed by atoms with Gasteiger partial charge in [-0.3, -0.25) is 4.79 Å². The Morgan fingerprint density at radius 2 is 2.44 bits per heavy atom. The second-order valence-corrected chi connectivity index (χ2v) is 3.20. The molecule has 0 aromatic carbocycles. The van der Waals surface area contributed by atoms with Gasteiger partial charge in [-0.2, -0.15) is 0 Å². The molecular weight excluding hydrogens is 138 g/mol. The molecule has 9 heavy (non-hydrogen) atoms. The molecule has 0 spiro atoms. The smallest absolute Gasteiger partial charge is 0.227 e. The molecule has 0 saturated heterocycles. The molecule has 3 nitrogen and oxygen atoms in total. The SMILES string of the molecule is CC(CO)SCC(N)=O. The molecular formula is C5H11NO2S. The van der Waals surface area contributed by atoms with Crippen LogP contribution in [-0.2, 0) is 4.79 Å². The maximum Gasteiger partial charge on any atom is 0.227 e. The maximum absolute atomic E-state index is 10.1. The predicted molar refractivity (Wildman–Crippen MR) is 38.2 cm³/mol. The standard InChI is InChI=1S/C5H11NO2S/c1-4(2-7)9-3-5(6)8/h4,7H,2-3H2,1H3,(H2,6,8). The van der Waals surface area contributed by atoms with Crippen LogP contribution >= 0.6 is 11.8 Å². The largest absolute Gasteiger partial charge is 0.395 e. The summed E-state index contributed by atoms with van der Waals surface area (Å²) >= 11 is 1.36. The zero-order valence-electron chi connectivity index (χ0n) is 5.33. The summed E-state index contributed by atoms with van der Waals surface area (Å²) in [5.41, 5.74) is 4.85. The summed E-state index contributed by atoms with van der Waals surface area (Å²) < 4.78 is 0. The number of carbonyl (C=O) groups excluding carboxylic acids is 1. The zero-order chi connectivity index (χ0) is 7.28. The number of nitrogens with two attached hydrogens (primary N) is 1. The van der Waals surface area contributed by atoms with Crippen LogP contribution in [0.15, 0.2) is 0 Å². The number of aliphatic hydroxyl groups is 1. The van der Waals surface area contributed by atoms with Crippen LogP contribution in [-0.4, -0.2) is 28.6 Å². The molecule has 1 atom stereocenters. The van der Waals surface area contributed by atoms with E-state index in [2.05, 4.69) is 0 Å². The van der Waals surface area contributed by atoms with Crippen molar-refractivity contribution in [2.75, 3.05) is 12.4 Å². The normalized spacial score (nSPS) is 13.1. The maximum atomic E-state index is 10.1. The Morgan fingerprint density at radius 3 is 2.78 bits per heavy atom. The van der Waals surface area contributed by atoms with Crippen molar-refractivity contribution in [1.29, 1.82) is 0 Å². The molecule has 0 radical (unpaired) electrons. The summed E-state index contributed by atoms with van der Waals surface area (Å²) in [7, 11) is 0. The van der Waals surface area contributed by atoms with Crippen molar-refractivity contribution in [3.63, 3.8) is 0 Å². The zero-order valence-corrected chi connectivity index (χ0v) is 6.15. The Balaban J connectivity index is 3.16. The van der Waals surface area contributed by atoms with Crippen LogP contribution < -0.4 is 5.73 Å². The summed E-state index contributed by atoms with van der Waals surface area (Å²) in [5.74, 6) is -0.0397. The molecule has 0 saturated carbocycles. The Labute approximate surface area is 58.6 Å². The first-order chi connectivity index (χ1) is 4.16. The monoisotopic (exact) mass is 149 g/mol. The van der Waals surface area contributed by atoms with E-state index in [1.165, 1.54) is 11.8 Å². The van der Waals surface area contributed by atoms with Crippen molar-refractivity contribution in [3.05, 3.63) is 0 Å². The lowest BCUT2D eigenvalue weighted by Crippen LogP contribution is -2.16. The lowest BCUT2D eigenvalue weighted by atomic mass is 10.5. The predicted octanol–water partition coefficient (Wildman–Crippen LogP) is -0.414. The number of amides is 1. The fourth-order valence-corrected chi connectivity index (χ4v) is 0.831. The number of primary amides is 1. The van der Waals surface area contributed by atoms with Gasteiger partial charge in [-0.05, 0) is 0 Å². The Bertz CT molecular complexity index is 97.0. The van der Waals surface area contributed by atoms with Crippen LogP contribution in [0, 0.1) is 0 Å². The van der Waals surface area contributed by atoms with E-state index in [0.29, 0.717) is 5.75 Å². The summed E-state index contributed by atoms with van der Waals surface area (Å²) in [6.07, 6.45) is 0. The summed E-state index contributed by atoms with van der Waals surface area (Å²) in [6.45, 7) is 1.94. The van der Waals surface area contributed by atoms with E-state index in [1.807, 2.05) is 6.92 Å². The Morgan fingerprint density at radius 1 is 1.89 bits per heavy atom. The van der Waals surface area contributed by atoms with Gasteiger partial charge in [-0.1, -0.05) is 6.92 Å². The molecule has 0 rings (SSSR count). The highest BCUT2D eigenvalue weighted by molar-refractivity contribution is 8.00. The first-order valence-corrected chi connectivity index (χ1v) is 3.72. The van der Waals surface area contributed by atoms with Gasteiger partial charge in [0.2, 0.25) is 5.91 Å². The van der Waals surface area contributed by atoms with Crippen LogP contribution in [0.4, 0.5) is 0 Å². The number of rotatable bonds is 4. The highest BCUT2D eigenvalue weighted by atomic mass is 32.2. The van der Waals surface area contributed by atoms with Crippen LogP contribution in [0.1, 0.15) is 6.92 Å². The van der Waals surface area contributed by atoms with Crippen molar-refractivity contribution >= 4 is 17.7 Å². The van der Waals surface area contributed by atoms with E-state index in [4.69, 9.17) is 10.8 Å². The Hall–Kier alpha value is -0.220. The fraction of sp³-hybridized carbons (Fsp3) is 0.800. The van der Waals surface area contributed by atoms with Gasteiger partial charge in [-0.15, -0.1) is 11.8 Å². The van der Waals surface area contributed by atoms with Crippen LogP contribution in [0.5, 0.6) is 0 Å². The van der Waals surface area contributed by atoms with Gasteiger partial charge in [0.1, 0.15) is 0 Å². The molecule has 0 bridgehead atoms. The molecule has 54 valence electrons. The molecule has 0 aliphatic rings. The molecule has 0 aliphatic carbocycles. The minimum atomic E-state index is -0.333. The van der Waals surface area contributed by atoms with Crippen molar-refractivity contribution in [3.8, 4) is 0 Å². The van der Waals surface area contributed by atoms with Gasteiger partial charge in [0.05, 0.1) is 12.4 Å². The third-order valence-electron chi connectivity index (χ3n) is 0.767. The van der Waals surface area contributed by atoms with Crippen LogP contribution in [0.3, 0.4) is 0 Å². The lowest BCUT2D eigenvalue weighted by Gasteiger charge is -2.03. The van der Waals surface area contributed by atoms with Crippen LogP contribution in [0.25, 0.3) is 0 Å². The molecule has 0 aromatic heterocycles. The number of aliphatic hydroxyl groups excluding tert-OH is 1. The van der Waals surface area contributed by atoms with Crippen molar-refractivity contribution in [2.45, 2.75) is 12.2 Å². The minimum absolute atomic E-state index is 0.0952. The van der Waals surface area contributed by atoms with Gasteiger partial charge in [0.15, 0.2) is 0 Å². The van der Waals surface area contributed by atoms with Gasteiger partial charge >= 0.3 is 0 Å². The summed E-state index contributed by atoms with van der Waals surface area (Å²) in [4.78, 5) is 10.1. The molecule has 4 heteroatoms. The molecule has 0 heterocycles. The molecule has 0 aromatic rings. The Kier molecular flexibility index (Phi) is 4.53. The van der Waals surface area contributed by atoms with E-state index < -0.39 is 0 Å². The molecule has 1 unspecified atom stereocenters. The van der Waals surface area contributed by atoms with E-state index in [1.54, 1.807) is 0 Å². The first kappa shape index (κ1) is 8.78. The molecule has 0 fully saturated rings. The number of thioether (sulfide) groups is 1. The highest BCUT2D eigenvalue weighted by Gasteiger charge is 2.01. The molecule has 1 amide bonds. The number of hydrogen-bond acceptors (Lipinski definition) is 3. The van der Waals surface area contributed by atoms with Gasteiger partial charge in [0.25, 0.3) is 0 Å². The number of carbonyl (C=O) groups is 1. The first-order valence-electron chi connectivity index (χ1n) is 2.67. The average molecular weight is 149 g/mol. The molecule has 0 aliphatic heterocycles. The van der Waals surface area contributed by atoms with Gasteiger partial charge in [0, 0.05) is 5.25 Å². The highest BCUT2D eigenvalue weighted by Crippen LogP contribution is 2.07. The second-order valence-electron chi connectivity index (χ2n) is 1.77. The van der Waals surface area contributed by atoms with E-state index in [0.717, 1.165) is 0 Å². The molecule has 3 N–H and O–H groups in total. The van der Waals surface area contributed by atoms with E-state index >= 15 is 0 Å². The summed E-state index contributed by atoms with van der Waals surface area (Å²) in [5, 5.41) is 8.58. The quantitative estimate of drug-likeness (QED) is 0.571.